The Balaban J connectivity index is 1.31. The number of amides is 1. The van der Waals surface area contributed by atoms with Gasteiger partial charge in [-0.3, -0.25) is 14.4 Å². The number of nitrogens with one attached hydrogen (secondary N) is 2. The summed E-state index contributed by atoms with van der Waals surface area (Å²) in [6, 6.07) is 8.27. The zero-order chi connectivity index (χ0) is 24.7. The highest BCUT2D eigenvalue weighted by Crippen LogP contribution is 2.45. The van der Waals surface area contributed by atoms with Crippen LogP contribution >= 0.6 is 23.2 Å². The van der Waals surface area contributed by atoms with Gasteiger partial charge in [-0.2, -0.15) is 0 Å². The number of ether oxygens (including phenoxy) is 1. The van der Waals surface area contributed by atoms with Crippen LogP contribution in [0, 0.1) is 10.6 Å². The lowest BCUT2D eigenvalue weighted by Crippen LogP contribution is -2.40. The summed E-state index contributed by atoms with van der Waals surface area (Å²) in [4.78, 5) is 14.9. The molecule has 0 spiro atoms. The van der Waals surface area contributed by atoms with E-state index in [1.54, 1.807) is 0 Å². The van der Waals surface area contributed by atoms with Crippen molar-refractivity contribution in [1.29, 1.82) is 4.78 Å². The molecule has 1 heterocycles. The maximum Gasteiger partial charge on any atom is 0.266 e. The number of halogens is 3. The lowest BCUT2D eigenvalue weighted by atomic mass is 10.0. The molecule has 188 valence electrons. The topological polar surface area (TPSA) is 82.5 Å². The van der Waals surface area contributed by atoms with Crippen LogP contribution in [0.15, 0.2) is 30.3 Å². The van der Waals surface area contributed by atoms with E-state index in [1.165, 1.54) is 12.1 Å². The van der Waals surface area contributed by atoms with Gasteiger partial charge in [-0.1, -0.05) is 29.3 Å². The molecule has 10 heteroatoms. The second kappa shape index (κ2) is 9.88. The Labute approximate surface area is 215 Å². The van der Waals surface area contributed by atoms with Gasteiger partial charge in [-0.05, 0) is 74.8 Å². The second-order valence-corrected chi connectivity index (χ2v) is 12.6. The molecule has 2 aromatic rings. The lowest BCUT2D eigenvalue weighted by molar-refractivity contribution is 0.0833. The molecule has 0 aromatic heterocycles. The average Bonchev–Trinajstić information content (AvgIpc) is 3.69. The number of hydrogen-bond acceptors (Lipinski definition) is 5. The van der Waals surface area contributed by atoms with E-state index in [2.05, 4.69) is 9.62 Å². The standard InChI is InChI=1S/C25H28Cl2FN3O3S/c26-21-4-1-5-22(27)20(21)14-31-10-2-3-16(13-31)34-24-12-23(28)19(11-18(24)15-6-7-15)25(32)30-35(29,33)17-8-9-17/h1,4-5,11-12,15-17H,2-3,6-10,13-14H2,(H2,29,30,32,33). The summed E-state index contributed by atoms with van der Waals surface area (Å²) in [5, 5.41) is 0.923. The van der Waals surface area contributed by atoms with Crippen molar-refractivity contribution in [3.63, 3.8) is 0 Å². The Hall–Kier alpha value is -1.87. The zero-order valence-corrected chi connectivity index (χ0v) is 21.5. The van der Waals surface area contributed by atoms with Gasteiger partial charge in [0.25, 0.3) is 5.91 Å². The van der Waals surface area contributed by atoms with Gasteiger partial charge in [0, 0.05) is 34.8 Å². The van der Waals surface area contributed by atoms with Crippen LogP contribution in [0.4, 0.5) is 4.39 Å². The van der Waals surface area contributed by atoms with Crippen molar-refractivity contribution in [2.24, 2.45) is 0 Å². The lowest BCUT2D eigenvalue weighted by Gasteiger charge is -2.33. The average molecular weight is 540 g/mol. The number of benzene rings is 2. The zero-order valence-electron chi connectivity index (χ0n) is 19.2. The predicted molar refractivity (Wildman–Crippen MR) is 135 cm³/mol. The van der Waals surface area contributed by atoms with Gasteiger partial charge in [0.15, 0.2) is 0 Å². The van der Waals surface area contributed by atoms with Crippen LogP contribution < -0.4 is 9.46 Å². The van der Waals surface area contributed by atoms with Crippen LogP contribution in [0.3, 0.4) is 0 Å². The van der Waals surface area contributed by atoms with Crippen molar-refractivity contribution in [3.05, 3.63) is 62.9 Å². The number of rotatable bonds is 8. The Morgan fingerprint density at radius 3 is 2.54 bits per heavy atom. The molecule has 2 N–H and O–H groups in total. The highest BCUT2D eigenvalue weighted by atomic mass is 35.5. The number of likely N-dealkylation sites (tertiary alicyclic amines) is 1. The summed E-state index contributed by atoms with van der Waals surface area (Å²) < 4.78 is 43.9. The largest absolute Gasteiger partial charge is 0.489 e. The first-order valence-corrected chi connectivity index (χ1v) is 14.3. The van der Waals surface area contributed by atoms with Gasteiger partial charge < -0.3 is 4.74 Å². The number of carbonyl (C=O) groups is 1. The minimum absolute atomic E-state index is 0.136. The first kappa shape index (κ1) is 24.8. The van der Waals surface area contributed by atoms with Gasteiger partial charge in [0.1, 0.15) is 27.6 Å². The highest BCUT2D eigenvalue weighted by Gasteiger charge is 2.35. The Morgan fingerprint density at radius 2 is 1.89 bits per heavy atom. The summed E-state index contributed by atoms with van der Waals surface area (Å²) in [7, 11) is -3.26. The van der Waals surface area contributed by atoms with E-state index < -0.39 is 21.6 Å². The second-order valence-electron chi connectivity index (χ2n) is 9.69. The predicted octanol–water partition coefficient (Wildman–Crippen LogP) is 5.91. The number of piperidine rings is 1. The quantitative estimate of drug-likeness (QED) is 0.437. The van der Waals surface area contributed by atoms with Crippen LogP contribution in [0.25, 0.3) is 0 Å². The molecule has 0 bridgehead atoms. The summed E-state index contributed by atoms with van der Waals surface area (Å²) in [6.45, 7) is 2.14. The van der Waals surface area contributed by atoms with E-state index in [1.807, 2.05) is 18.2 Å². The normalized spacial score (nSPS) is 22.4. The van der Waals surface area contributed by atoms with Crippen molar-refractivity contribution in [1.82, 2.24) is 9.62 Å². The summed E-state index contributed by atoms with van der Waals surface area (Å²) in [5.74, 6) is -0.868. The van der Waals surface area contributed by atoms with Crippen molar-refractivity contribution in [2.75, 3.05) is 13.1 Å². The van der Waals surface area contributed by atoms with Crippen LogP contribution in [0.5, 0.6) is 5.75 Å². The minimum atomic E-state index is -3.26. The number of carbonyl (C=O) groups excluding carboxylic acids is 1. The molecule has 3 aliphatic rings. The third-order valence-corrected chi connectivity index (χ3v) is 9.41. The molecule has 2 aliphatic carbocycles. The minimum Gasteiger partial charge on any atom is -0.489 e. The number of nitrogens with zero attached hydrogens (tertiary/aromatic N) is 1. The van der Waals surface area contributed by atoms with E-state index >= 15 is 4.39 Å². The van der Waals surface area contributed by atoms with Crippen molar-refractivity contribution >= 4 is 39.0 Å². The Kier molecular flexibility index (Phi) is 7.00. The molecule has 2 aromatic carbocycles. The van der Waals surface area contributed by atoms with Crippen LogP contribution in [-0.4, -0.2) is 39.5 Å². The third-order valence-electron chi connectivity index (χ3n) is 6.80. The fourth-order valence-corrected chi connectivity index (χ4v) is 6.45. The number of hydrogen-bond donors (Lipinski definition) is 2. The van der Waals surface area contributed by atoms with Crippen molar-refractivity contribution in [3.8, 4) is 5.75 Å². The SMILES string of the molecule is N=S(=O)(NC(=O)c1cc(C2CC2)c(OC2CCCN(Cc3c(Cl)cccc3Cl)C2)cc1F)C1CC1. The summed E-state index contributed by atoms with van der Waals surface area (Å²) >= 11 is 12.7. The molecule has 1 aliphatic heterocycles. The van der Waals surface area contributed by atoms with Gasteiger partial charge in [-0.25, -0.2) is 13.4 Å². The molecule has 1 amide bonds. The van der Waals surface area contributed by atoms with E-state index in [0.29, 0.717) is 41.7 Å². The molecule has 2 unspecified atom stereocenters. The summed E-state index contributed by atoms with van der Waals surface area (Å²) in [6.07, 6.45) is 4.81. The summed E-state index contributed by atoms with van der Waals surface area (Å²) in [5.41, 5.74) is 1.50. The first-order chi connectivity index (χ1) is 16.7. The maximum absolute atomic E-state index is 15.0. The molecule has 2 saturated carbocycles. The van der Waals surface area contributed by atoms with Crippen molar-refractivity contribution < 1.29 is 18.1 Å². The monoisotopic (exact) mass is 539 g/mol. The third kappa shape index (κ3) is 5.77. The van der Waals surface area contributed by atoms with Gasteiger partial charge in [0.2, 0.25) is 0 Å². The Bertz CT molecular complexity index is 1230. The smallest absolute Gasteiger partial charge is 0.266 e. The molecule has 35 heavy (non-hydrogen) atoms. The van der Waals surface area contributed by atoms with E-state index in [-0.39, 0.29) is 22.8 Å². The van der Waals surface area contributed by atoms with E-state index in [0.717, 1.165) is 43.4 Å². The van der Waals surface area contributed by atoms with Crippen LogP contribution in [0.2, 0.25) is 10.0 Å². The molecular formula is C25H28Cl2FN3O3S. The molecule has 2 atom stereocenters. The molecule has 0 radical (unpaired) electrons. The van der Waals surface area contributed by atoms with Gasteiger partial charge in [-0.15, -0.1) is 0 Å². The molecule has 5 rings (SSSR count). The van der Waals surface area contributed by atoms with E-state index in [9.17, 15) is 9.00 Å². The van der Waals surface area contributed by atoms with Crippen LogP contribution in [-0.2, 0) is 16.5 Å². The molecule has 6 nitrogen and oxygen atoms in total. The molecule has 1 saturated heterocycles. The maximum atomic E-state index is 15.0. The molecular weight excluding hydrogens is 512 g/mol. The molecule has 3 fully saturated rings. The first-order valence-electron chi connectivity index (χ1n) is 12.0. The fraction of sp³-hybridized carbons (Fsp3) is 0.480. The fourth-order valence-electron chi connectivity index (χ4n) is 4.58. The highest BCUT2D eigenvalue weighted by molar-refractivity contribution is 7.92. The van der Waals surface area contributed by atoms with E-state index in [4.69, 9.17) is 32.7 Å². The Morgan fingerprint density at radius 1 is 1.17 bits per heavy atom. The van der Waals surface area contributed by atoms with Gasteiger partial charge in [0.05, 0.1) is 10.8 Å². The van der Waals surface area contributed by atoms with Crippen molar-refractivity contribution in [2.45, 2.75) is 62.3 Å². The van der Waals surface area contributed by atoms with Gasteiger partial charge >= 0.3 is 0 Å². The van der Waals surface area contributed by atoms with Crippen LogP contribution in [0.1, 0.15) is 65.9 Å².